The Bertz CT molecular complexity index is 2440. The van der Waals surface area contributed by atoms with Gasteiger partial charge in [0.05, 0.1) is 0 Å². The normalized spacial score (nSPS) is 11.6. The minimum absolute atomic E-state index is 0.637. The largest absolute Gasteiger partial charge is 0.436 e. The van der Waals surface area contributed by atoms with Gasteiger partial charge < -0.3 is 4.42 Å². The van der Waals surface area contributed by atoms with Crippen LogP contribution in [0.15, 0.2) is 168 Å². The fourth-order valence-corrected chi connectivity index (χ4v) is 6.90. The average molecular weight is 574 g/mol. The zero-order valence-electron chi connectivity index (χ0n) is 24.4. The van der Waals surface area contributed by atoms with Gasteiger partial charge in [-0.15, -0.1) is 0 Å². The monoisotopic (exact) mass is 573 g/mol. The molecule has 0 unspecified atom stereocenters. The van der Waals surface area contributed by atoms with Crippen molar-refractivity contribution in [3.05, 3.63) is 164 Å². The second-order valence-corrected chi connectivity index (χ2v) is 11.5. The Morgan fingerprint density at radius 2 is 0.867 bits per heavy atom. The number of benzene rings is 8. The zero-order valence-corrected chi connectivity index (χ0v) is 24.4. The lowest BCUT2D eigenvalue weighted by Gasteiger charge is -2.20. The van der Waals surface area contributed by atoms with Crippen molar-refractivity contribution >= 4 is 43.4 Å². The van der Waals surface area contributed by atoms with Gasteiger partial charge in [-0.05, 0) is 90.0 Å². The highest BCUT2D eigenvalue weighted by Crippen LogP contribution is 2.46. The minimum Gasteiger partial charge on any atom is -0.436 e. The molecule has 0 saturated heterocycles. The number of nitrogens with zero attached hydrogens (tertiary/aromatic N) is 1. The van der Waals surface area contributed by atoms with Crippen LogP contribution in [0.3, 0.4) is 0 Å². The second-order valence-electron chi connectivity index (χ2n) is 11.5. The molecule has 0 radical (unpaired) electrons. The van der Waals surface area contributed by atoms with Crippen molar-refractivity contribution in [3.63, 3.8) is 0 Å². The Balaban J connectivity index is 1.28. The van der Waals surface area contributed by atoms with Crippen LogP contribution in [0.1, 0.15) is 0 Å². The first kappa shape index (κ1) is 25.5. The molecule has 0 amide bonds. The topological polar surface area (TPSA) is 26.0 Å². The lowest BCUT2D eigenvalue weighted by molar-refractivity contribution is 0.620. The summed E-state index contributed by atoms with van der Waals surface area (Å²) in [6, 6.07) is 58.3. The molecule has 0 saturated carbocycles. The third-order valence-corrected chi connectivity index (χ3v) is 8.92. The Hall–Kier alpha value is -5.99. The first-order valence-electron chi connectivity index (χ1n) is 15.3. The molecular formula is C43H27NO. The van der Waals surface area contributed by atoms with E-state index in [1.807, 2.05) is 24.3 Å². The van der Waals surface area contributed by atoms with Gasteiger partial charge in [0.15, 0.2) is 5.58 Å². The molecule has 210 valence electrons. The number of hydrogen-bond donors (Lipinski definition) is 0. The molecule has 9 rings (SSSR count). The third-order valence-electron chi connectivity index (χ3n) is 8.92. The highest BCUT2D eigenvalue weighted by atomic mass is 16.3. The molecule has 0 bridgehead atoms. The minimum atomic E-state index is 0.637. The van der Waals surface area contributed by atoms with E-state index in [4.69, 9.17) is 9.40 Å². The van der Waals surface area contributed by atoms with Crippen LogP contribution in [0.25, 0.3) is 88.3 Å². The molecule has 0 spiro atoms. The molecule has 0 N–H and O–H groups in total. The van der Waals surface area contributed by atoms with E-state index < -0.39 is 0 Å². The Kier molecular flexibility index (Phi) is 5.85. The van der Waals surface area contributed by atoms with Gasteiger partial charge in [0, 0.05) is 5.56 Å². The van der Waals surface area contributed by atoms with Gasteiger partial charge in [0.25, 0.3) is 0 Å². The molecular weight excluding hydrogens is 546 g/mol. The van der Waals surface area contributed by atoms with Crippen LogP contribution >= 0.6 is 0 Å². The van der Waals surface area contributed by atoms with Gasteiger partial charge >= 0.3 is 0 Å². The number of rotatable bonds is 4. The summed E-state index contributed by atoms with van der Waals surface area (Å²) in [5, 5.41) is 7.44. The van der Waals surface area contributed by atoms with Gasteiger partial charge in [0.2, 0.25) is 5.89 Å². The van der Waals surface area contributed by atoms with Crippen molar-refractivity contribution in [3.8, 4) is 44.8 Å². The van der Waals surface area contributed by atoms with Gasteiger partial charge in [0.1, 0.15) is 5.52 Å². The molecule has 45 heavy (non-hydrogen) atoms. The fourth-order valence-electron chi connectivity index (χ4n) is 6.90. The van der Waals surface area contributed by atoms with Gasteiger partial charge in [-0.1, -0.05) is 140 Å². The second kappa shape index (κ2) is 10.3. The zero-order chi connectivity index (χ0) is 29.7. The van der Waals surface area contributed by atoms with E-state index in [1.165, 1.54) is 60.1 Å². The lowest BCUT2D eigenvalue weighted by Crippen LogP contribution is -1.93. The van der Waals surface area contributed by atoms with Gasteiger partial charge in [-0.3, -0.25) is 0 Å². The van der Waals surface area contributed by atoms with E-state index in [0.29, 0.717) is 5.89 Å². The van der Waals surface area contributed by atoms with Crippen molar-refractivity contribution in [2.45, 2.75) is 0 Å². The summed E-state index contributed by atoms with van der Waals surface area (Å²) in [7, 11) is 0. The molecule has 2 nitrogen and oxygen atoms in total. The fraction of sp³-hybridized carbons (Fsp3) is 0. The Morgan fingerprint density at radius 1 is 0.356 bits per heavy atom. The molecule has 0 aliphatic heterocycles. The third kappa shape index (κ3) is 4.15. The maximum Gasteiger partial charge on any atom is 0.227 e. The number of para-hydroxylation sites is 2. The van der Waals surface area contributed by atoms with Crippen molar-refractivity contribution in [1.82, 2.24) is 4.98 Å². The SMILES string of the molecule is c1ccc(-c2c3ccccc3c(-c3ccc(-c4nc5ccccc5o4)cc3)c3ccccc23)c(-c2cccc3ccccc23)c1. The van der Waals surface area contributed by atoms with Gasteiger partial charge in [-0.2, -0.15) is 0 Å². The van der Waals surface area contributed by atoms with Crippen LogP contribution in [0.4, 0.5) is 0 Å². The maximum atomic E-state index is 6.07. The number of fused-ring (bicyclic) bond motifs is 4. The summed E-state index contributed by atoms with van der Waals surface area (Å²) < 4.78 is 6.07. The van der Waals surface area contributed by atoms with Crippen LogP contribution in [0.5, 0.6) is 0 Å². The van der Waals surface area contributed by atoms with Crippen LogP contribution in [0, 0.1) is 0 Å². The molecule has 2 heteroatoms. The van der Waals surface area contributed by atoms with Crippen LogP contribution in [-0.4, -0.2) is 4.98 Å². The van der Waals surface area contributed by atoms with Crippen molar-refractivity contribution in [2.75, 3.05) is 0 Å². The predicted molar refractivity (Wildman–Crippen MR) is 188 cm³/mol. The van der Waals surface area contributed by atoms with Crippen molar-refractivity contribution in [1.29, 1.82) is 0 Å². The summed E-state index contributed by atoms with van der Waals surface area (Å²) in [6.07, 6.45) is 0. The highest BCUT2D eigenvalue weighted by Gasteiger charge is 2.19. The molecule has 0 atom stereocenters. The first-order chi connectivity index (χ1) is 22.3. The van der Waals surface area contributed by atoms with E-state index in [-0.39, 0.29) is 0 Å². The molecule has 0 fully saturated rings. The number of oxazole rings is 1. The van der Waals surface area contributed by atoms with E-state index in [9.17, 15) is 0 Å². The Labute approximate surface area is 260 Å². The summed E-state index contributed by atoms with van der Waals surface area (Å²) >= 11 is 0. The molecule has 0 aliphatic carbocycles. The van der Waals surface area contributed by atoms with Crippen LogP contribution in [0.2, 0.25) is 0 Å². The Morgan fingerprint density at radius 3 is 1.58 bits per heavy atom. The summed E-state index contributed by atoms with van der Waals surface area (Å²) in [5.41, 5.74) is 10.0. The molecule has 9 aromatic rings. The van der Waals surface area contributed by atoms with E-state index in [0.717, 1.165) is 22.2 Å². The summed E-state index contributed by atoms with van der Waals surface area (Å²) in [6.45, 7) is 0. The molecule has 0 aliphatic rings. The van der Waals surface area contributed by atoms with E-state index in [1.54, 1.807) is 0 Å². The number of hydrogen-bond acceptors (Lipinski definition) is 2. The van der Waals surface area contributed by atoms with E-state index in [2.05, 4.69) is 140 Å². The smallest absolute Gasteiger partial charge is 0.227 e. The summed E-state index contributed by atoms with van der Waals surface area (Å²) in [4.78, 5) is 4.72. The molecule has 1 heterocycles. The van der Waals surface area contributed by atoms with E-state index >= 15 is 0 Å². The van der Waals surface area contributed by atoms with Crippen molar-refractivity contribution in [2.24, 2.45) is 0 Å². The highest BCUT2D eigenvalue weighted by molar-refractivity contribution is 6.22. The maximum absolute atomic E-state index is 6.07. The lowest BCUT2D eigenvalue weighted by atomic mass is 9.83. The molecule has 1 aromatic heterocycles. The van der Waals surface area contributed by atoms with Crippen LogP contribution in [-0.2, 0) is 0 Å². The van der Waals surface area contributed by atoms with Gasteiger partial charge in [-0.25, -0.2) is 4.98 Å². The molecule has 8 aromatic carbocycles. The number of aromatic nitrogens is 1. The standard InChI is InChI=1S/C43H27NO/c1-2-14-31-28(12-1)13-11-21-32(31)33-15-3-4-16-34(33)42-37-19-7-5-17-35(37)41(36-18-6-8-20-38(36)42)29-24-26-30(27-25-29)43-44-39-22-9-10-23-40(39)45-43/h1-27H. The average Bonchev–Trinajstić information content (AvgIpc) is 3.55. The quantitative estimate of drug-likeness (QED) is 0.196. The summed E-state index contributed by atoms with van der Waals surface area (Å²) in [5.74, 6) is 0.637. The first-order valence-corrected chi connectivity index (χ1v) is 15.3. The van der Waals surface area contributed by atoms with Crippen LogP contribution < -0.4 is 0 Å². The predicted octanol–water partition coefficient (Wildman–Crippen LogP) is 12.0. The van der Waals surface area contributed by atoms with Crippen molar-refractivity contribution < 1.29 is 4.42 Å².